The zero-order valence-electron chi connectivity index (χ0n) is 23.9. The zero-order valence-corrected chi connectivity index (χ0v) is 25.4. The first-order chi connectivity index (χ1) is 20.2. The van der Waals surface area contributed by atoms with Crippen molar-refractivity contribution >= 4 is 51.6 Å². The third-order valence-corrected chi connectivity index (χ3v) is 8.62. The molecule has 0 bridgehead atoms. The van der Waals surface area contributed by atoms with E-state index in [0.29, 0.717) is 27.4 Å². The van der Waals surface area contributed by atoms with Gasteiger partial charge in [-0.3, -0.25) is 10.2 Å². The normalized spacial score (nSPS) is 16.1. The molecule has 10 heteroatoms. The number of halogens is 2. The summed E-state index contributed by atoms with van der Waals surface area (Å²) < 4.78 is 6.12. The number of rotatable bonds is 12. The van der Waals surface area contributed by atoms with Gasteiger partial charge in [0.1, 0.15) is 34.6 Å². The molecule has 0 saturated carbocycles. The number of nitrogens with zero attached hydrogens (tertiary/aromatic N) is 3. The molecule has 0 radical (unpaired) electrons. The first-order valence-corrected chi connectivity index (χ1v) is 15.1. The van der Waals surface area contributed by atoms with Gasteiger partial charge < -0.3 is 20.4 Å². The van der Waals surface area contributed by atoms with Crippen LogP contribution in [0.5, 0.6) is 0 Å². The molecule has 1 fully saturated rings. The monoisotopic (exact) mass is 606 g/mol. The maximum absolute atomic E-state index is 12.9. The molecule has 2 aromatic heterocycles. The largest absolute Gasteiger partial charge is 0.461 e. The molecule has 4 aromatic rings. The molecule has 2 aromatic carbocycles. The summed E-state index contributed by atoms with van der Waals surface area (Å²) in [7, 11) is 0. The second kappa shape index (κ2) is 13.2. The fraction of sp³-hybridized carbons (Fsp3) is 0.375. The highest BCUT2D eigenvalue weighted by Crippen LogP contribution is 2.28. The maximum atomic E-state index is 12.9. The van der Waals surface area contributed by atoms with Crippen molar-refractivity contribution in [2.75, 3.05) is 25.0 Å². The highest BCUT2D eigenvalue weighted by Gasteiger charge is 2.29. The average Bonchev–Trinajstić information content (AvgIpc) is 3.59. The molecule has 5 rings (SSSR count). The Morgan fingerprint density at radius 1 is 1.14 bits per heavy atom. The molecular weight excluding hydrogens is 571 g/mol. The van der Waals surface area contributed by atoms with E-state index in [1.807, 2.05) is 43.3 Å². The fourth-order valence-corrected chi connectivity index (χ4v) is 6.00. The molecule has 4 N–H and O–H groups in total. The predicted octanol–water partition coefficient (Wildman–Crippen LogP) is 6.23. The van der Waals surface area contributed by atoms with Crippen LogP contribution in [-0.4, -0.2) is 52.2 Å². The molecule has 8 nitrogen and oxygen atoms in total. The Bertz CT molecular complexity index is 1600. The van der Waals surface area contributed by atoms with Crippen LogP contribution in [0.15, 0.2) is 52.9 Å². The Labute approximate surface area is 256 Å². The molecule has 3 heterocycles. The average molecular weight is 608 g/mol. The third-order valence-electron chi connectivity index (χ3n) is 7.88. The number of carbonyl (C=O) groups is 1. The van der Waals surface area contributed by atoms with Crippen molar-refractivity contribution in [3.05, 3.63) is 87.0 Å². The fourth-order valence-electron chi connectivity index (χ4n) is 5.68. The Hall–Kier alpha value is -3.46. The van der Waals surface area contributed by atoms with Gasteiger partial charge in [0.15, 0.2) is 0 Å². The second-order valence-corrected chi connectivity index (χ2v) is 11.9. The number of nitrogens with one attached hydrogen (secondary N) is 2. The van der Waals surface area contributed by atoms with Crippen LogP contribution < -0.4 is 11.1 Å². The number of aromatic nitrogens is 2. The van der Waals surface area contributed by atoms with Gasteiger partial charge in [-0.15, -0.1) is 0 Å². The van der Waals surface area contributed by atoms with E-state index in [4.69, 9.17) is 43.7 Å². The molecule has 0 aliphatic carbocycles. The van der Waals surface area contributed by atoms with E-state index in [-0.39, 0.29) is 30.5 Å². The quantitative estimate of drug-likeness (QED) is 0.129. The van der Waals surface area contributed by atoms with E-state index in [1.165, 1.54) is 0 Å². The minimum atomic E-state index is 0.00804. The number of hydrogen-bond acceptors (Lipinski definition) is 7. The Morgan fingerprint density at radius 3 is 2.71 bits per heavy atom. The lowest BCUT2D eigenvalue weighted by molar-refractivity contribution is -0.117. The van der Waals surface area contributed by atoms with Gasteiger partial charge in [0.05, 0.1) is 16.5 Å². The topological polar surface area (TPSA) is 121 Å². The molecule has 2 atom stereocenters. The Kier molecular flexibility index (Phi) is 9.46. The standard InChI is InChI=1S/C32H36Cl2N6O2/c1-3-40-11-10-22(18-40)28(8-6-25-16-23-15-21(32(35)36)5-9-29(23)42-25)38-30-12-19(2)37-31(39-30)17-24(41)13-20-4-7-26(33)27(34)14-20/h4-5,7,9,12,14-16,22,28H,3,6,8,10-11,13,17-18H2,1-2H3,(H3,35,36)(H,37,38,39). The molecule has 1 saturated heterocycles. The van der Waals surface area contributed by atoms with Crippen LogP contribution >= 0.6 is 23.2 Å². The highest BCUT2D eigenvalue weighted by molar-refractivity contribution is 6.42. The molecule has 42 heavy (non-hydrogen) atoms. The summed E-state index contributed by atoms with van der Waals surface area (Å²) in [6.07, 6.45) is 3.09. The number of benzene rings is 2. The van der Waals surface area contributed by atoms with Crippen LogP contribution in [0.1, 0.15) is 48.2 Å². The summed E-state index contributed by atoms with van der Waals surface area (Å²) in [4.78, 5) is 24.7. The number of aryl methyl sites for hydroxylation is 2. The number of nitrogens with two attached hydrogens (primary N) is 1. The summed E-state index contributed by atoms with van der Waals surface area (Å²) in [5, 5.41) is 13.3. The van der Waals surface area contributed by atoms with E-state index < -0.39 is 0 Å². The van der Waals surface area contributed by atoms with Crippen LogP contribution in [0.3, 0.4) is 0 Å². The third kappa shape index (κ3) is 7.48. The number of fused-ring (bicyclic) bond motifs is 1. The lowest BCUT2D eigenvalue weighted by Gasteiger charge is -2.26. The number of furan rings is 1. The maximum Gasteiger partial charge on any atom is 0.144 e. The van der Waals surface area contributed by atoms with Gasteiger partial charge >= 0.3 is 0 Å². The van der Waals surface area contributed by atoms with Crippen molar-refractivity contribution < 1.29 is 9.21 Å². The van der Waals surface area contributed by atoms with E-state index in [9.17, 15) is 4.79 Å². The first-order valence-electron chi connectivity index (χ1n) is 14.3. The number of likely N-dealkylation sites (tertiary alicyclic amines) is 1. The molecule has 220 valence electrons. The Morgan fingerprint density at radius 2 is 1.98 bits per heavy atom. The number of carbonyl (C=O) groups excluding carboxylic acids is 1. The van der Waals surface area contributed by atoms with Crippen LogP contribution in [-0.2, 0) is 24.1 Å². The number of nitrogen functional groups attached to an aromatic ring is 1. The zero-order chi connectivity index (χ0) is 29.8. The number of amidine groups is 1. The van der Waals surface area contributed by atoms with Crippen molar-refractivity contribution in [1.29, 1.82) is 5.41 Å². The number of Topliss-reactive ketones (excluding diaryl/α,β-unsaturated/α-hetero) is 1. The summed E-state index contributed by atoms with van der Waals surface area (Å²) in [5.74, 6) is 2.64. The van der Waals surface area contributed by atoms with Gasteiger partial charge in [-0.05, 0) is 80.7 Å². The lowest BCUT2D eigenvalue weighted by Crippen LogP contribution is -2.33. The van der Waals surface area contributed by atoms with Crippen LogP contribution in [0.25, 0.3) is 11.0 Å². The van der Waals surface area contributed by atoms with Gasteiger partial charge in [-0.25, -0.2) is 9.97 Å². The van der Waals surface area contributed by atoms with Crippen molar-refractivity contribution in [2.24, 2.45) is 11.7 Å². The smallest absolute Gasteiger partial charge is 0.144 e. The summed E-state index contributed by atoms with van der Waals surface area (Å²) in [6, 6.07) is 15.0. The first kappa shape index (κ1) is 30.0. The van der Waals surface area contributed by atoms with E-state index in [1.54, 1.807) is 12.1 Å². The molecule has 0 spiro atoms. The van der Waals surface area contributed by atoms with Crippen LogP contribution in [0.4, 0.5) is 5.82 Å². The molecule has 0 amide bonds. The number of hydrogen-bond donors (Lipinski definition) is 3. The van der Waals surface area contributed by atoms with E-state index in [0.717, 1.165) is 72.7 Å². The highest BCUT2D eigenvalue weighted by atomic mass is 35.5. The summed E-state index contributed by atoms with van der Waals surface area (Å²) in [5.41, 5.74) is 8.77. The summed E-state index contributed by atoms with van der Waals surface area (Å²) >= 11 is 12.1. The van der Waals surface area contributed by atoms with Gasteiger partial charge in [0, 0.05) is 48.1 Å². The van der Waals surface area contributed by atoms with E-state index >= 15 is 0 Å². The van der Waals surface area contributed by atoms with Gasteiger partial charge in [0.25, 0.3) is 0 Å². The van der Waals surface area contributed by atoms with Crippen molar-refractivity contribution in [3.63, 3.8) is 0 Å². The molecule has 1 aliphatic rings. The predicted molar refractivity (Wildman–Crippen MR) is 169 cm³/mol. The molecule has 2 unspecified atom stereocenters. The van der Waals surface area contributed by atoms with E-state index in [2.05, 4.69) is 22.1 Å². The SMILES string of the molecule is CCN1CCC(C(CCc2cc3cc(C(=N)N)ccc3o2)Nc2cc(C)nc(CC(=O)Cc3ccc(Cl)c(Cl)c3)n2)C1. The summed E-state index contributed by atoms with van der Waals surface area (Å²) in [6.45, 7) is 7.25. The Balaban J connectivity index is 1.30. The minimum absolute atomic E-state index is 0.00804. The van der Waals surface area contributed by atoms with Crippen LogP contribution in [0, 0.1) is 18.3 Å². The molecule has 1 aliphatic heterocycles. The lowest BCUT2D eigenvalue weighted by atomic mass is 9.94. The van der Waals surface area contributed by atoms with Crippen LogP contribution in [0.2, 0.25) is 10.0 Å². The van der Waals surface area contributed by atoms with Crippen molar-refractivity contribution in [2.45, 2.75) is 52.0 Å². The van der Waals surface area contributed by atoms with Crippen molar-refractivity contribution in [1.82, 2.24) is 14.9 Å². The second-order valence-electron chi connectivity index (χ2n) is 11.1. The van der Waals surface area contributed by atoms with Gasteiger partial charge in [-0.1, -0.05) is 36.2 Å². The van der Waals surface area contributed by atoms with Gasteiger partial charge in [-0.2, -0.15) is 0 Å². The number of ketones is 1. The minimum Gasteiger partial charge on any atom is -0.461 e. The van der Waals surface area contributed by atoms with Gasteiger partial charge in [0.2, 0.25) is 0 Å². The molecular formula is C32H36Cl2N6O2. The number of anilines is 1. The van der Waals surface area contributed by atoms with Crippen molar-refractivity contribution in [3.8, 4) is 0 Å².